The molecule has 0 atom stereocenters. The summed E-state index contributed by atoms with van der Waals surface area (Å²) in [6.45, 7) is 4.83. The molecular weight excluding hydrogens is 583 g/mol. The molecule has 3 heteroatoms. The molecule has 0 saturated heterocycles. The number of nitrogens with zero attached hydrogens (tertiary/aromatic N) is 2. The number of nitrogens with two attached hydrogens (primary N) is 1. The Morgan fingerprint density at radius 1 is 0.479 bits per heavy atom. The molecule has 0 spiro atoms. The summed E-state index contributed by atoms with van der Waals surface area (Å²) in [5.74, 6) is 0. The van der Waals surface area contributed by atoms with Gasteiger partial charge in [-0.3, -0.25) is 0 Å². The number of nitrogen functional groups attached to an aromatic ring is 1. The van der Waals surface area contributed by atoms with Gasteiger partial charge in [0.15, 0.2) is 0 Å². The van der Waals surface area contributed by atoms with Gasteiger partial charge >= 0.3 is 0 Å². The van der Waals surface area contributed by atoms with E-state index in [-0.39, 0.29) is 5.41 Å². The predicted octanol–water partition coefficient (Wildman–Crippen LogP) is 12.3. The molecule has 0 bridgehead atoms. The number of hydrogen-bond donors (Lipinski definition) is 1. The fourth-order valence-corrected chi connectivity index (χ4v) is 8.02. The van der Waals surface area contributed by atoms with Gasteiger partial charge in [-0.2, -0.15) is 0 Å². The molecule has 0 aliphatic heterocycles. The Kier molecular flexibility index (Phi) is 6.45. The number of rotatable bonds is 6. The molecule has 1 aliphatic rings. The summed E-state index contributed by atoms with van der Waals surface area (Å²) in [6, 6.07) is 54.5. The van der Waals surface area contributed by atoms with E-state index >= 15 is 0 Å². The molecule has 8 aromatic rings. The van der Waals surface area contributed by atoms with Crippen LogP contribution >= 0.6 is 0 Å². The topological polar surface area (TPSA) is 32.5 Å². The Hall–Kier alpha value is -5.80. The van der Waals surface area contributed by atoms with Crippen LogP contribution in [-0.2, 0) is 11.8 Å². The Bertz CT molecular complexity index is 2340. The second-order valence-electron chi connectivity index (χ2n) is 13.7. The first-order valence-electron chi connectivity index (χ1n) is 16.9. The molecule has 0 fully saturated rings. The van der Waals surface area contributed by atoms with Gasteiger partial charge in [0.1, 0.15) is 0 Å². The van der Waals surface area contributed by atoms with Gasteiger partial charge in [-0.25, -0.2) is 0 Å². The highest BCUT2D eigenvalue weighted by Gasteiger charge is 2.33. The minimum atomic E-state index is 0.0167. The first-order chi connectivity index (χ1) is 23.5. The standard InChI is InChI=1S/C45H37N3/c1-45(2)26-25-30-27-40(47(31-15-7-3-8-16-31)32-17-9-4-10-18-32)36-24-23-35-39(46)29-41(37-28-38(45)42(30)44(36)43(35)37)48(33-19-11-5-12-20-33)34-21-13-6-14-22-34/h3-24,27-29H,25-26,46H2,1-2H3. The van der Waals surface area contributed by atoms with E-state index in [0.717, 1.165) is 52.4 Å². The molecule has 2 N–H and O–H groups in total. The quantitative estimate of drug-likeness (QED) is 0.148. The van der Waals surface area contributed by atoms with Crippen molar-refractivity contribution in [3.8, 4) is 0 Å². The second-order valence-corrected chi connectivity index (χ2v) is 13.7. The molecule has 0 aromatic heterocycles. The smallest absolute Gasteiger partial charge is 0.0561 e. The average Bonchev–Trinajstić information content (AvgIpc) is 3.13. The highest BCUT2D eigenvalue weighted by atomic mass is 15.1. The average molecular weight is 620 g/mol. The summed E-state index contributed by atoms with van der Waals surface area (Å²) in [7, 11) is 0. The maximum absolute atomic E-state index is 7.08. The largest absolute Gasteiger partial charge is 0.398 e. The SMILES string of the molecule is CC1(C)CCc2cc(N(c3ccccc3)c3ccccc3)c3ccc4c(N)cc(N(c5ccccc5)c5ccccc5)c5cc1c2c3c45. The summed E-state index contributed by atoms with van der Waals surface area (Å²) in [5, 5.41) is 7.51. The van der Waals surface area contributed by atoms with Gasteiger partial charge in [-0.1, -0.05) is 98.8 Å². The second kappa shape index (κ2) is 10.9. The Morgan fingerprint density at radius 3 is 1.44 bits per heavy atom. The summed E-state index contributed by atoms with van der Waals surface area (Å²) in [6.07, 6.45) is 2.12. The third kappa shape index (κ3) is 4.35. The van der Waals surface area contributed by atoms with E-state index in [2.05, 4.69) is 175 Å². The first-order valence-corrected chi connectivity index (χ1v) is 16.9. The van der Waals surface area contributed by atoms with E-state index < -0.39 is 0 Å². The van der Waals surface area contributed by atoms with E-state index in [1.165, 1.54) is 43.7 Å². The minimum absolute atomic E-state index is 0.0167. The number of anilines is 7. The van der Waals surface area contributed by atoms with E-state index in [1.54, 1.807) is 0 Å². The van der Waals surface area contributed by atoms with E-state index in [9.17, 15) is 0 Å². The minimum Gasteiger partial charge on any atom is -0.398 e. The normalized spacial score (nSPS) is 13.7. The van der Waals surface area contributed by atoms with E-state index in [0.29, 0.717) is 0 Å². The molecule has 0 radical (unpaired) electrons. The monoisotopic (exact) mass is 619 g/mol. The van der Waals surface area contributed by atoms with Gasteiger partial charge in [0.05, 0.1) is 11.4 Å². The molecule has 0 unspecified atom stereocenters. The van der Waals surface area contributed by atoms with Gasteiger partial charge < -0.3 is 15.5 Å². The molecule has 8 aromatic carbocycles. The molecule has 0 saturated carbocycles. The van der Waals surface area contributed by atoms with Crippen molar-refractivity contribution in [1.29, 1.82) is 0 Å². The van der Waals surface area contributed by atoms with Crippen LogP contribution in [0.25, 0.3) is 32.3 Å². The lowest BCUT2D eigenvalue weighted by Crippen LogP contribution is -2.24. The maximum atomic E-state index is 7.08. The highest BCUT2D eigenvalue weighted by molar-refractivity contribution is 6.31. The maximum Gasteiger partial charge on any atom is 0.0561 e. The third-order valence-electron chi connectivity index (χ3n) is 10.4. The van der Waals surface area contributed by atoms with Crippen LogP contribution in [0.5, 0.6) is 0 Å². The van der Waals surface area contributed by atoms with Crippen molar-refractivity contribution in [2.45, 2.75) is 32.1 Å². The number of para-hydroxylation sites is 4. The first kappa shape index (κ1) is 28.4. The fraction of sp³-hybridized carbons (Fsp3) is 0.111. The van der Waals surface area contributed by atoms with Crippen molar-refractivity contribution in [3.05, 3.63) is 163 Å². The van der Waals surface area contributed by atoms with Crippen LogP contribution in [0.2, 0.25) is 0 Å². The number of benzene rings is 8. The molecule has 1 aliphatic carbocycles. The molecule has 3 nitrogen and oxygen atoms in total. The van der Waals surface area contributed by atoms with Crippen LogP contribution in [0.15, 0.2) is 152 Å². The van der Waals surface area contributed by atoms with E-state index in [1.807, 2.05) is 0 Å². The molecule has 0 amide bonds. The molecule has 232 valence electrons. The van der Waals surface area contributed by atoms with E-state index in [4.69, 9.17) is 5.73 Å². The van der Waals surface area contributed by atoms with Crippen molar-refractivity contribution in [2.24, 2.45) is 0 Å². The van der Waals surface area contributed by atoms with Crippen molar-refractivity contribution in [1.82, 2.24) is 0 Å². The van der Waals surface area contributed by atoms with Gasteiger partial charge in [0.2, 0.25) is 0 Å². The van der Waals surface area contributed by atoms with Crippen LogP contribution in [0.3, 0.4) is 0 Å². The van der Waals surface area contributed by atoms with Crippen molar-refractivity contribution >= 4 is 72.1 Å². The third-order valence-corrected chi connectivity index (χ3v) is 10.4. The summed E-state index contributed by atoms with van der Waals surface area (Å²) in [4.78, 5) is 4.79. The molecular formula is C45H37N3. The zero-order chi connectivity index (χ0) is 32.4. The molecule has 9 rings (SSSR count). The number of aryl methyl sites for hydroxylation is 1. The summed E-state index contributed by atoms with van der Waals surface area (Å²) < 4.78 is 0. The zero-order valence-corrected chi connectivity index (χ0v) is 27.3. The number of hydrogen-bond acceptors (Lipinski definition) is 3. The van der Waals surface area contributed by atoms with Gasteiger partial charge in [0.25, 0.3) is 0 Å². The Balaban J connectivity index is 1.44. The van der Waals surface area contributed by atoms with Crippen molar-refractivity contribution in [3.63, 3.8) is 0 Å². The van der Waals surface area contributed by atoms with Crippen molar-refractivity contribution in [2.75, 3.05) is 15.5 Å². The van der Waals surface area contributed by atoms with Crippen LogP contribution in [0.1, 0.15) is 31.4 Å². The van der Waals surface area contributed by atoms with Crippen LogP contribution < -0.4 is 15.5 Å². The van der Waals surface area contributed by atoms with Crippen LogP contribution in [0.4, 0.5) is 39.8 Å². The lowest BCUT2D eigenvalue weighted by Gasteiger charge is -2.37. The van der Waals surface area contributed by atoms with Crippen LogP contribution in [-0.4, -0.2) is 0 Å². The van der Waals surface area contributed by atoms with Crippen LogP contribution in [0, 0.1) is 0 Å². The summed E-state index contributed by atoms with van der Waals surface area (Å²) >= 11 is 0. The van der Waals surface area contributed by atoms with Gasteiger partial charge in [0, 0.05) is 55.4 Å². The lowest BCUT2D eigenvalue weighted by atomic mass is 9.70. The predicted molar refractivity (Wildman–Crippen MR) is 205 cm³/mol. The highest BCUT2D eigenvalue weighted by Crippen LogP contribution is 2.54. The molecule has 0 heterocycles. The van der Waals surface area contributed by atoms with Crippen molar-refractivity contribution < 1.29 is 0 Å². The fourth-order valence-electron chi connectivity index (χ4n) is 8.02. The summed E-state index contributed by atoms with van der Waals surface area (Å²) in [5.41, 5.74) is 17.5. The Labute approximate surface area is 281 Å². The van der Waals surface area contributed by atoms with Gasteiger partial charge in [-0.15, -0.1) is 0 Å². The Morgan fingerprint density at radius 2 is 0.938 bits per heavy atom. The van der Waals surface area contributed by atoms with Gasteiger partial charge in [-0.05, 0) is 101 Å². The lowest BCUT2D eigenvalue weighted by molar-refractivity contribution is 0.475. The molecule has 48 heavy (non-hydrogen) atoms. The zero-order valence-electron chi connectivity index (χ0n) is 27.3.